The SMILES string of the molecule is CCOc1ccccc1NS(=O)(=O)c1cn(-c2ccccc2)nc1C. The Morgan fingerprint density at radius 3 is 2.48 bits per heavy atom. The van der Waals surface area contributed by atoms with Gasteiger partial charge in [0.2, 0.25) is 0 Å². The summed E-state index contributed by atoms with van der Waals surface area (Å²) in [5.74, 6) is 0.488. The Balaban J connectivity index is 1.95. The van der Waals surface area contributed by atoms with E-state index in [1.807, 2.05) is 37.3 Å². The third-order valence-electron chi connectivity index (χ3n) is 3.60. The molecule has 0 unspecified atom stereocenters. The van der Waals surface area contributed by atoms with Gasteiger partial charge in [0, 0.05) is 0 Å². The molecule has 0 aliphatic heterocycles. The van der Waals surface area contributed by atoms with E-state index in [1.54, 1.807) is 35.9 Å². The van der Waals surface area contributed by atoms with Gasteiger partial charge in [-0.1, -0.05) is 30.3 Å². The Kier molecular flexibility index (Phi) is 4.76. The number of ether oxygens (including phenoxy) is 1. The zero-order chi connectivity index (χ0) is 17.9. The van der Waals surface area contributed by atoms with Crippen molar-refractivity contribution in [3.05, 3.63) is 66.5 Å². The molecule has 0 atom stereocenters. The van der Waals surface area contributed by atoms with Crippen molar-refractivity contribution >= 4 is 15.7 Å². The molecule has 0 fully saturated rings. The Morgan fingerprint density at radius 2 is 1.76 bits per heavy atom. The average molecular weight is 357 g/mol. The maximum Gasteiger partial charge on any atom is 0.265 e. The minimum absolute atomic E-state index is 0.127. The fourth-order valence-corrected chi connectivity index (χ4v) is 3.69. The van der Waals surface area contributed by atoms with E-state index < -0.39 is 10.0 Å². The third-order valence-corrected chi connectivity index (χ3v) is 5.06. The summed E-state index contributed by atoms with van der Waals surface area (Å²) in [5.41, 5.74) is 1.61. The average Bonchev–Trinajstić information content (AvgIpc) is 3.00. The van der Waals surface area contributed by atoms with Crippen LogP contribution in [0.1, 0.15) is 12.6 Å². The summed E-state index contributed by atoms with van der Waals surface area (Å²) in [6.07, 6.45) is 1.51. The number of anilines is 1. The standard InChI is InChI=1S/C18H19N3O3S/c1-3-24-17-12-8-7-11-16(17)20-25(22,23)18-13-21(19-14(18)2)15-9-5-4-6-10-15/h4-13,20H,3H2,1-2H3. The van der Waals surface area contributed by atoms with Crippen LogP contribution in [0.4, 0.5) is 5.69 Å². The second-order valence-electron chi connectivity index (χ2n) is 5.39. The van der Waals surface area contributed by atoms with Crippen molar-refractivity contribution in [1.29, 1.82) is 0 Å². The molecule has 25 heavy (non-hydrogen) atoms. The number of aryl methyl sites for hydroxylation is 1. The highest BCUT2D eigenvalue weighted by molar-refractivity contribution is 7.92. The maximum absolute atomic E-state index is 12.8. The maximum atomic E-state index is 12.8. The van der Waals surface area contributed by atoms with Crippen molar-refractivity contribution in [3.63, 3.8) is 0 Å². The summed E-state index contributed by atoms with van der Waals surface area (Å²) in [6, 6.07) is 16.3. The Labute approximate surface area is 147 Å². The van der Waals surface area contributed by atoms with Crippen LogP contribution in [-0.4, -0.2) is 24.8 Å². The smallest absolute Gasteiger partial charge is 0.265 e. The van der Waals surface area contributed by atoms with Crippen LogP contribution in [-0.2, 0) is 10.0 Å². The first-order chi connectivity index (χ1) is 12.0. The first-order valence-electron chi connectivity index (χ1n) is 7.87. The minimum Gasteiger partial charge on any atom is -0.492 e. The highest BCUT2D eigenvalue weighted by atomic mass is 32.2. The fraction of sp³-hybridized carbons (Fsp3) is 0.167. The molecule has 7 heteroatoms. The quantitative estimate of drug-likeness (QED) is 0.734. The molecular weight excluding hydrogens is 338 g/mol. The molecule has 1 aromatic heterocycles. The highest BCUT2D eigenvalue weighted by Crippen LogP contribution is 2.27. The summed E-state index contributed by atoms with van der Waals surface area (Å²) in [6.45, 7) is 3.96. The summed E-state index contributed by atoms with van der Waals surface area (Å²) in [5, 5.41) is 4.31. The number of aromatic nitrogens is 2. The van der Waals surface area contributed by atoms with Gasteiger partial charge in [0.15, 0.2) is 0 Å². The van der Waals surface area contributed by atoms with Gasteiger partial charge in [0.25, 0.3) is 10.0 Å². The minimum atomic E-state index is -3.79. The first-order valence-corrected chi connectivity index (χ1v) is 9.36. The van der Waals surface area contributed by atoms with Gasteiger partial charge in [-0.3, -0.25) is 4.72 Å². The van der Waals surface area contributed by atoms with Crippen LogP contribution in [0.15, 0.2) is 65.7 Å². The lowest BCUT2D eigenvalue weighted by molar-refractivity contribution is 0.342. The number of nitrogens with one attached hydrogen (secondary N) is 1. The number of hydrogen-bond acceptors (Lipinski definition) is 4. The predicted molar refractivity (Wildman–Crippen MR) is 96.7 cm³/mol. The van der Waals surface area contributed by atoms with Crippen LogP contribution in [0.2, 0.25) is 0 Å². The molecule has 1 N–H and O–H groups in total. The van der Waals surface area contributed by atoms with Crippen molar-refractivity contribution in [1.82, 2.24) is 9.78 Å². The molecule has 0 radical (unpaired) electrons. The fourth-order valence-electron chi connectivity index (χ4n) is 2.45. The molecule has 0 aliphatic carbocycles. The van der Waals surface area contributed by atoms with Crippen molar-refractivity contribution in [2.75, 3.05) is 11.3 Å². The van der Waals surface area contributed by atoms with E-state index in [1.165, 1.54) is 6.20 Å². The number of sulfonamides is 1. The van der Waals surface area contributed by atoms with Crippen LogP contribution in [0.3, 0.4) is 0 Å². The Hall–Kier alpha value is -2.80. The van der Waals surface area contributed by atoms with Gasteiger partial charge >= 0.3 is 0 Å². The van der Waals surface area contributed by atoms with E-state index in [4.69, 9.17) is 4.74 Å². The van der Waals surface area contributed by atoms with Crippen molar-refractivity contribution < 1.29 is 13.2 Å². The lowest BCUT2D eigenvalue weighted by atomic mass is 10.3. The zero-order valence-electron chi connectivity index (χ0n) is 14.0. The van der Waals surface area contributed by atoms with Gasteiger partial charge in [-0.25, -0.2) is 13.1 Å². The molecule has 0 bridgehead atoms. The second kappa shape index (κ2) is 6.98. The lowest BCUT2D eigenvalue weighted by Gasteiger charge is -2.12. The molecular formula is C18H19N3O3S. The van der Waals surface area contributed by atoms with Crippen LogP contribution in [0, 0.1) is 6.92 Å². The highest BCUT2D eigenvalue weighted by Gasteiger charge is 2.22. The van der Waals surface area contributed by atoms with Crippen molar-refractivity contribution in [2.24, 2.45) is 0 Å². The van der Waals surface area contributed by atoms with E-state index in [-0.39, 0.29) is 4.90 Å². The topological polar surface area (TPSA) is 73.2 Å². The Morgan fingerprint density at radius 1 is 1.08 bits per heavy atom. The van der Waals surface area contributed by atoms with Gasteiger partial charge < -0.3 is 4.74 Å². The monoisotopic (exact) mass is 357 g/mol. The molecule has 0 amide bonds. The van der Waals surface area contributed by atoms with Crippen LogP contribution < -0.4 is 9.46 Å². The molecule has 0 saturated carbocycles. The number of hydrogen-bond donors (Lipinski definition) is 1. The van der Waals surface area contributed by atoms with Crippen LogP contribution in [0.25, 0.3) is 5.69 Å². The van der Waals surface area contributed by atoms with Gasteiger partial charge in [-0.15, -0.1) is 0 Å². The first kappa shape index (κ1) is 17.0. The normalized spacial score (nSPS) is 11.3. The number of para-hydroxylation sites is 3. The summed E-state index contributed by atoms with van der Waals surface area (Å²) in [7, 11) is -3.79. The number of benzene rings is 2. The molecule has 3 rings (SSSR count). The van der Waals surface area contributed by atoms with Crippen molar-refractivity contribution in [2.45, 2.75) is 18.7 Å². The van der Waals surface area contributed by atoms with E-state index in [9.17, 15) is 8.42 Å². The summed E-state index contributed by atoms with van der Waals surface area (Å²) < 4.78 is 35.2. The van der Waals surface area contributed by atoms with Crippen LogP contribution >= 0.6 is 0 Å². The zero-order valence-corrected chi connectivity index (χ0v) is 14.8. The molecule has 0 saturated heterocycles. The van der Waals surface area contributed by atoms with Crippen molar-refractivity contribution in [3.8, 4) is 11.4 Å². The second-order valence-corrected chi connectivity index (χ2v) is 7.04. The van der Waals surface area contributed by atoms with E-state index >= 15 is 0 Å². The molecule has 2 aromatic carbocycles. The van der Waals surface area contributed by atoms with Gasteiger partial charge in [0.1, 0.15) is 10.6 Å². The van der Waals surface area contributed by atoms with Gasteiger partial charge in [-0.05, 0) is 38.1 Å². The molecule has 6 nitrogen and oxygen atoms in total. The Bertz CT molecular complexity index is 966. The number of nitrogens with zero attached hydrogens (tertiary/aromatic N) is 2. The van der Waals surface area contributed by atoms with E-state index in [0.29, 0.717) is 23.7 Å². The van der Waals surface area contributed by atoms with Crippen LogP contribution in [0.5, 0.6) is 5.75 Å². The molecule has 130 valence electrons. The van der Waals surface area contributed by atoms with E-state index in [0.717, 1.165) is 5.69 Å². The third kappa shape index (κ3) is 3.66. The molecule has 0 aliphatic rings. The number of rotatable bonds is 6. The predicted octanol–water partition coefficient (Wildman–Crippen LogP) is 3.38. The summed E-state index contributed by atoms with van der Waals surface area (Å²) >= 11 is 0. The summed E-state index contributed by atoms with van der Waals surface area (Å²) in [4.78, 5) is 0.127. The molecule has 1 heterocycles. The largest absolute Gasteiger partial charge is 0.492 e. The van der Waals surface area contributed by atoms with Gasteiger partial charge in [0.05, 0.1) is 29.9 Å². The molecule has 0 spiro atoms. The lowest BCUT2D eigenvalue weighted by Crippen LogP contribution is -2.14. The van der Waals surface area contributed by atoms with Gasteiger partial charge in [-0.2, -0.15) is 5.10 Å². The van der Waals surface area contributed by atoms with E-state index in [2.05, 4.69) is 9.82 Å². The molecule has 3 aromatic rings.